The van der Waals surface area contributed by atoms with Gasteiger partial charge in [0.25, 0.3) is 5.91 Å². The fourth-order valence-electron chi connectivity index (χ4n) is 1.59. The van der Waals surface area contributed by atoms with Gasteiger partial charge in [0.1, 0.15) is 10.7 Å². The highest BCUT2D eigenvalue weighted by atomic mass is 32.1. The third-order valence-corrected chi connectivity index (χ3v) is 3.73. The van der Waals surface area contributed by atoms with Gasteiger partial charge in [-0.25, -0.2) is 4.39 Å². The molecular formula is C12H13FN2O2S. The molecule has 0 fully saturated rings. The number of carbonyl (C=O) groups excluding carboxylic acids is 1. The summed E-state index contributed by atoms with van der Waals surface area (Å²) in [4.78, 5) is 12.2. The molecule has 0 saturated carbocycles. The Morgan fingerprint density at radius 1 is 1.61 bits per heavy atom. The number of nitrogens with two attached hydrogens (primary N) is 1. The molecule has 1 atom stereocenters. The lowest BCUT2D eigenvalue weighted by atomic mass is 10.2. The maximum absolute atomic E-state index is 13.1. The first-order chi connectivity index (χ1) is 8.52. The molecule has 96 valence electrons. The predicted molar refractivity (Wildman–Crippen MR) is 70.2 cm³/mol. The molecule has 4 nitrogen and oxygen atoms in total. The van der Waals surface area contributed by atoms with Crippen molar-refractivity contribution in [1.82, 2.24) is 5.32 Å². The SMILES string of the molecule is CC(CO)NC(=O)c1sc2ccc(F)cc2c1N. The molecule has 2 rings (SSSR count). The van der Waals surface area contributed by atoms with E-state index in [1.807, 2.05) is 0 Å². The number of nitrogens with one attached hydrogen (secondary N) is 1. The van der Waals surface area contributed by atoms with E-state index in [0.29, 0.717) is 10.3 Å². The van der Waals surface area contributed by atoms with Crippen LogP contribution < -0.4 is 11.1 Å². The van der Waals surface area contributed by atoms with Crippen LogP contribution in [0.3, 0.4) is 0 Å². The molecule has 1 aromatic heterocycles. The van der Waals surface area contributed by atoms with Gasteiger partial charge in [-0.05, 0) is 25.1 Å². The van der Waals surface area contributed by atoms with Crippen LogP contribution in [0.5, 0.6) is 0 Å². The molecule has 0 bridgehead atoms. The van der Waals surface area contributed by atoms with E-state index in [4.69, 9.17) is 10.8 Å². The van der Waals surface area contributed by atoms with E-state index in [1.165, 1.54) is 23.5 Å². The van der Waals surface area contributed by atoms with Crippen LogP contribution in [-0.2, 0) is 0 Å². The number of thiophene rings is 1. The number of hydrogen-bond donors (Lipinski definition) is 3. The number of nitrogen functional groups attached to an aromatic ring is 1. The summed E-state index contributed by atoms with van der Waals surface area (Å²) in [5.41, 5.74) is 6.12. The van der Waals surface area contributed by atoms with Gasteiger partial charge in [0, 0.05) is 16.1 Å². The second-order valence-electron chi connectivity index (χ2n) is 4.04. The van der Waals surface area contributed by atoms with Crippen LogP contribution in [0.2, 0.25) is 0 Å². The standard InChI is InChI=1S/C12H13FN2O2S/c1-6(5-16)15-12(17)11-10(14)8-4-7(13)2-3-9(8)18-11/h2-4,6,16H,5,14H2,1H3,(H,15,17). The summed E-state index contributed by atoms with van der Waals surface area (Å²) in [7, 11) is 0. The molecule has 4 N–H and O–H groups in total. The van der Waals surface area contributed by atoms with Crippen LogP contribution in [0.1, 0.15) is 16.6 Å². The molecule has 0 saturated heterocycles. The minimum Gasteiger partial charge on any atom is -0.397 e. The third-order valence-electron chi connectivity index (χ3n) is 2.55. The van der Waals surface area contributed by atoms with Crippen molar-refractivity contribution < 1.29 is 14.3 Å². The first-order valence-corrected chi connectivity index (χ1v) is 6.24. The molecule has 1 amide bonds. The summed E-state index contributed by atoms with van der Waals surface area (Å²) in [6.45, 7) is 1.53. The van der Waals surface area contributed by atoms with Gasteiger partial charge in [-0.3, -0.25) is 4.79 Å². The predicted octanol–water partition coefficient (Wildman–Crippen LogP) is 1.73. The molecule has 0 aliphatic heterocycles. The topological polar surface area (TPSA) is 75.3 Å². The minimum absolute atomic E-state index is 0.148. The summed E-state index contributed by atoms with van der Waals surface area (Å²) in [5, 5.41) is 12.0. The lowest BCUT2D eigenvalue weighted by molar-refractivity contribution is 0.0927. The zero-order valence-electron chi connectivity index (χ0n) is 9.74. The summed E-state index contributed by atoms with van der Waals surface area (Å²) >= 11 is 1.21. The minimum atomic E-state index is -0.386. The lowest BCUT2D eigenvalue weighted by Gasteiger charge is -2.09. The summed E-state index contributed by atoms with van der Waals surface area (Å²) in [6, 6.07) is 3.89. The zero-order chi connectivity index (χ0) is 13.3. The fraction of sp³-hybridized carbons (Fsp3) is 0.250. The molecule has 6 heteroatoms. The number of halogens is 1. The molecule has 0 aliphatic carbocycles. The van der Waals surface area contributed by atoms with E-state index >= 15 is 0 Å². The number of fused-ring (bicyclic) bond motifs is 1. The van der Waals surface area contributed by atoms with E-state index < -0.39 is 0 Å². The van der Waals surface area contributed by atoms with E-state index in [2.05, 4.69) is 5.32 Å². The van der Waals surface area contributed by atoms with E-state index in [9.17, 15) is 9.18 Å². The zero-order valence-corrected chi connectivity index (χ0v) is 10.6. The number of aliphatic hydroxyl groups excluding tert-OH is 1. The monoisotopic (exact) mass is 268 g/mol. The fourth-order valence-corrected chi connectivity index (χ4v) is 2.60. The highest BCUT2D eigenvalue weighted by molar-refractivity contribution is 7.21. The Bertz CT molecular complexity index is 597. The number of hydrogen-bond acceptors (Lipinski definition) is 4. The second kappa shape index (κ2) is 4.91. The van der Waals surface area contributed by atoms with Crippen molar-refractivity contribution in [3.8, 4) is 0 Å². The van der Waals surface area contributed by atoms with Crippen LogP contribution in [-0.4, -0.2) is 23.7 Å². The number of rotatable bonds is 3. The molecule has 0 aliphatic rings. The van der Waals surface area contributed by atoms with Gasteiger partial charge >= 0.3 is 0 Å². The van der Waals surface area contributed by atoms with Gasteiger partial charge in [-0.2, -0.15) is 0 Å². The molecule has 0 spiro atoms. The number of anilines is 1. The third kappa shape index (κ3) is 2.30. The van der Waals surface area contributed by atoms with E-state index in [0.717, 1.165) is 4.70 Å². The number of benzene rings is 1. The van der Waals surface area contributed by atoms with Crippen molar-refractivity contribution >= 4 is 33.0 Å². The Labute approximate surface area is 107 Å². The van der Waals surface area contributed by atoms with Gasteiger partial charge in [0.05, 0.1) is 12.3 Å². The summed E-state index contributed by atoms with van der Waals surface area (Å²) < 4.78 is 13.9. The Morgan fingerprint density at radius 2 is 2.33 bits per heavy atom. The number of amides is 1. The second-order valence-corrected chi connectivity index (χ2v) is 5.09. The number of carbonyl (C=O) groups is 1. The van der Waals surface area contributed by atoms with Gasteiger partial charge in [-0.1, -0.05) is 0 Å². The van der Waals surface area contributed by atoms with Crippen LogP contribution in [0.25, 0.3) is 10.1 Å². The van der Waals surface area contributed by atoms with Crippen molar-refractivity contribution in [3.05, 3.63) is 28.9 Å². The van der Waals surface area contributed by atoms with Crippen molar-refractivity contribution in [2.24, 2.45) is 0 Å². The molecular weight excluding hydrogens is 255 g/mol. The maximum Gasteiger partial charge on any atom is 0.263 e. The van der Waals surface area contributed by atoms with Crippen LogP contribution in [0.4, 0.5) is 10.1 Å². The molecule has 1 aromatic carbocycles. The highest BCUT2D eigenvalue weighted by Gasteiger charge is 2.17. The quantitative estimate of drug-likeness (QED) is 0.793. The van der Waals surface area contributed by atoms with Crippen LogP contribution in [0, 0.1) is 5.82 Å². The van der Waals surface area contributed by atoms with E-state index in [-0.39, 0.29) is 30.1 Å². The normalized spacial score (nSPS) is 12.6. The van der Waals surface area contributed by atoms with Gasteiger partial charge in [0.15, 0.2) is 0 Å². The molecule has 1 unspecified atom stereocenters. The first-order valence-electron chi connectivity index (χ1n) is 5.42. The molecule has 1 heterocycles. The average Bonchev–Trinajstić information content (AvgIpc) is 2.66. The largest absolute Gasteiger partial charge is 0.397 e. The highest BCUT2D eigenvalue weighted by Crippen LogP contribution is 2.33. The van der Waals surface area contributed by atoms with Gasteiger partial charge in [0.2, 0.25) is 0 Å². The van der Waals surface area contributed by atoms with Crippen LogP contribution >= 0.6 is 11.3 Å². The average molecular weight is 268 g/mol. The molecule has 18 heavy (non-hydrogen) atoms. The van der Waals surface area contributed by atoms with Gasteiger partial charge < -0.3 is 16.2 Å². The van der Waals surface area contributed by atoms with Crippen molar-refractivity contribution in [3.63, 3.8) is 0 Å². The Balaban J connectivity index is 2.40. The van der Waals surface area contributed by atoms with Crippen molar-refractivity contribution in [2.75, 3.05) is 12.3 Å². The molecule has 0 radical (unpaired) electrons. The first kappa shape index (κ1) is 12.8. The Kier molecular flexibility index (Phi) is 3.49. The van der Waals surface area contributed by atoms with Crippen molar-refractivity contribution in [2.45, 2.75) is 13.0 Å². The van der Waals surface area contributed by atoms with Gasteiger partial charge in [-0.15, -0.1) is 11.3 Å². The van der Waals surface area contributed by atoms with E-state index in [1.54, 1.807) is 13.0 Å². The molecule has 2 aromatic rings. The maximum atomic E-state index is 13.1. The Morgan fingerprint density at radius 3 is 3.00 bits per heavy atom. The van der Waals surface area contributed by atoms with Crippen LogP contribution in [0.15, 0.2) is 18.2 Å². The summed E-state index contributed by atoms with van der Waals surface area (Å²) in [5.74, 6) is -0.738. The smallest absolute Gasteiger partial charge is 0.263 e. The number of aliphatic hydroxyl groups is 1. The Hall–Kier alpha value is -1.66. The summed E-state index contributed by atoms with van der Waals surface area (Å²) in [6.07, 6.45) is 0. The van der Waals surface area contributed by atoms with Crippen molar-refractivity contribution in [1.29, 1.82) is 0 Å². The lowest BCUT2D eigenvalue weighted by Crippen LogP contribution is -2.34.